The van der Waals surface area contributed by atoms with Gasteiger partial charge in [-0.05, 0) is 37.8 Å². The minimum absolute atomic E-state index is 0.132. The molecule has 3 amide bonds. The van der Waals surface area contributed by atoms with E-state index < -0.39 is 24.1 Å². The fourth-order valence-corrected chi connectivity index (χ4v) is 3.04. The molecular weight excluding hydrogens is 342 g/mol. The summed E-state index contributed by atoms with van der Waals surface area (Å²) in [6.07, 6.45) is 3.29. The van der Waals surface area contributed by atoms with E-state index in [1.54, 1.807) is 25.1 Å². The number of ether oxygens (including phenoxy) is 1. The Morgan fingerprint density at radius 1 is 1.42 bits per heavy atom. The number of carbonyl (C=O) groups excluding carboxylic acids is 3. The molecule has 9 nitrogen and oxygen atoms in total. The lowest BCUT2D eigenvalue weighted by Gasteiger charge is -2.20. The quantitative estimate of drug-likeness (QED) is 0.616. The summed E-state index contributed by atoms with van der Waals surface area (Å²) in [6, 6.07) is 4.45. The minimum atomic E-state index is -0.915. The number of amides is 3. The van der Waals surface area contributed by atoms with Crippen molar-refractivity contribution in [3.05, 3.63) is 30.2 Å². The van der Waals surface area contributed by atoms with Crippen LogP contribution in [0.3, 0.4) is 0 Å². The normalized spacial score (nSPS) is 22.6. The monoisotopic (exact) mass is 359 g/mol. The zero-order valence-corrected chi connectivity index (χ0v) is 14.1. The Hall–Kier alpha value is -3.10. The first-order chi connectivity index (χ1) is 12.5. The molecule has 0 aromatic carbocycles. The maximum Gasteiger partial charge on any atom is 0.326 e. The van der Waals surface area contributed by atoms with Crippen molar-refractivity contribution in [1.29, 1.82) is 0 Å². The van der Waals surface area contributed by atoms with Gasteiger partial charge in [-0.2, -0.15) is 0 Å². The molecule has 1 saturated carbocycles. The molecule has 1 aliphatic carbocycles. The fraction of sp³-hybridized carbons (Fsp3) is 0.412. The maximum atomic E-state index is 12.5. The van der Waals surface area contributed by atoms with E-state index in [0.717, 1.165) is 17.7 Å². The number of nitrogens with zero attached hydrogens (tertiary/aromatic N) is 2. The highest BCUT2D eigenvalue weighted by Gasteiger charge is 2.56. The average Bonchev–Trinajstić information content (AvgIpc) is 3.06. The van der Waals surface area contributed by atoms with Crippen molar-refractivity contribution in [3.63, 3.8) is 0 Å². The third kappa shape index (κ3) is 2.85. The van der Waals surface area contributed by atoms with Gasteiger partial charge in [0.1, 0.15) is 24.4 Å². The predicted octanol–water partition coefficient (Wildman–Crippen LogP) is 1.70. The zero-order valence-electron chi connectivity index (χ0n) is 14.1. The van der Waals surface area contributed by atoms with Gasteiger partial charge < -0.3 is 19.0 Å². The van der Waals surface area contributed by atoms with Crippen LogP contribution in [0.5, 0.6) is 0 Å². The lowest BCUT2D eigenvalue weighted by atomic mass is 9.96. The number of carbonyl (C=O) groups is 3. The van der Waals surface area contributed by atoms with Crippen LogP contribution < -0.4 is 5.32 Å². The van der Waals surface area contributed by atoms with Crippen LogP contribution in [0.2, 0.25) is 0 Å². The number of aromatic nitrogens is 1. The number of imide groups is 1. The van der Waals surface area contributed by atoms with Crippen molar-refractivity contribution in [2.75, 3.05) is 6.54 Å². The van der Waals surface area contributed by atoms with Crippen molar-refractivity contribution in [2.24, 2.45) is 5.92 Å². The van der Waals surface area contributed by atoms with E-state index in [-0.39, 0.29) is 18.4 Å². The Morgan fingerprint density at radius 2 is 2.23 bits per heavy atom. The van der Waals surface area contributed by atoms with Crippen LogP contribution >= 0.6 is 0 Å². The van der Waals surface area contributed by atoms with Gasteiger partial charge in [-0.25, -0.2) is 4.79 Å². The van der Waals surface area contributed by atoms with Crippen LogP contribution in [0.15, 0.2) is 33.4 Å². The van der Waals surface area contributed by atoms with Gasteiger partial charge in [0.2, 0.25) is 5.76 Å². The molecule has 1 saturated heterocycles. The molecule has 0 bridgehead atoms. The first kappa shape index (κ1) is 16.4. The van der Waals surface area contributed by atoms with Crippen molar-refractivity contribution < 1.29 is 28.1 Å². The van der Waals surface area contributed by atoms with Crippen LogP contribution in [0, 0.1) is 5.92 Å². The maximum absolute atomic E-state index is 12.5. The van der Waals surface area contributed by atoms with Gasteiger partial charge in [-0.1, -0.05) is 5.16 Å². The number of hydrogen-bond acceptors (Lipinski definition) is 7. The number of esters is 1. The summed E-state index contributed by atoms with van der Waals surface area (Å²) in [5.74, 6) is -0.0289. The third-order valence-corrected chi connectivity index (χ3v) is 4.69. The van der Waals surface area contributed by atoms with E-state index in [1.807, 2.05) is 0 Å². The molecule has 2 aromatic rings. The Kier molecular flexibility index (Phi) is 3.78. The molecule has 0 spiro atoms. The molecule has 2 fully saturated rings. The van der Waals surface area contributed by atoms with Crippen LogP contribution in [-0.4, -0.2) is 40.0 Å². The third-order valence-electron chi connectivity index (χ3n) is 4.69. The highest BCUT2D eigenvalue weighted by Crippen LogP contribution is 2.42. The smallest absolute Gasteiger partial charge is 0.326 e. The van der Waals surface area contributed by atoms with E-state index in [9.17, 15) is 14.4 Å². The zero-order chi connectivity index (χ0) is 18.3. The summed E-state index contributed by atoms with van der Waals surface area (Å²) in [5.41, 5.74) is -0.522. The predicted molar refractivity (Wildman–Crippen MR) is 85.4 cm³/mol. The second-order valence-corrected chi connectivity index (χ2v) is 6.62. The first-order valence-electron chi connectivity index (χ1n) is 8.26. The minimum Gasteiger partial charge on any atom is -0.461 e. The molecule has 1 N–H and O–H groups in total. The standard InChI is InChI=1S/C17H17N3O6/c1-17(10-4-5-10)15(22)20(16(23)18-17)8-14(21)25-9-11-7-13(26-19-11)12-3-2-6-24-12/h2-3,6-7,10H,4-5,8-9H2,1H3,(H,18,23)/t17-/m1/s1. The van der Waals surface area contributed by atoms with Gasteiger partial charge in [0, 0.05) is 6.07 Å². The van der Waals surface area contributed by atoms with Crippen molar-refractivity contribution in [2.45, 2.75) is 31.9 Å². The van der Waals surface area contributed by atoms with Crippen molar-refractivity contribution in [3.8, 4) is 11.5 Å². The molecule has 3 heterocycles. The topological polar surface area (TPSA) is 115 Å². The molecule has 9 heteroatoms. The molecule has 136 valence electrons. The molecule has 0 radical (unpaired) electrons. The highest BCUT2D eigenvalue weighted by atomic mass is 16.5. The van der Waals surface area contributed by atoms with Crippen LogP contribution in [0.4, 0.5) is 4.79 Å². The highest BCUT2D eigenvalue weighted by molar-refractivity contribution is 6.08. The van der Waals surface area contributed by atoms with E-state index in [1.165, 1.54) is 6.26 Å². The molecule has 4 rings (SSSR count). The van der Waals surface area contributed by atoms with Crippen LogP contribution in [0.1, 0.15) is 25.5 Å². The van der Waals surface area contributed by atoms with E-state index in [4.69, 9.17) is 13.7 Å². The summed E-state index contributed by atoms with van der Waals surface area (Å²) in [7, 11) is 0. The van der Waals surface area contributed by atoms with Crippen LogP contribution in [-0.2, 0) is 20.9 Å². The number of furan rings is 1. The Labute approximate surface area is 148 Å². The Morgan fingerprint density at radius 3 is 2.92 bits per heavy atom. The molecule has 2 aliphatic rings. The summed E-state index contributed by atoms with van der Waals surface area (Å²) >= 11 is 0. The van der Waals surface area contributed by atoms with Gasteiger partial charge in [0.15, 0.2) is 5.76 Å². The van der Waals surface area contributed by atoms with Crippen LogP contribution in [0.25, 0.3) is 11.5 Å². The molecule has 0 unspecified atom stereocenters. The van der Waals surface area contributed by atoms with E-state index >= 15 is 0 Å². The lowest BCUT2D eigenvalue weighted by molar-refractivity contribution is -0.149. The van der Waals surface area contributed by atoms with Gasteiger partial charge >= 0.3 is 12.0 Å². The lowest BCUT2D eigenvalue weighted by Crippen LogP contribution is -2.46. The summed E-state index contributed by atoms with van der Waals surface area (Å²) in [6.45, 7) is 1.13. The number of urea groups is 1. The second-order valence-electron chi connectivity index (χ2n) is 6.62. The van der Waals surface area contributed by atoms with E-state index in [2.05, 4.69) is 10.5 Å². The van der Waals surface area contributed by atoms with E-state index in [0.29, 0.717) is 17.2 Å². The fourth-order valence-electron chi connectivity index (χ4n) is 3.04. The molecule has 1 aliphatic heterocycles. The first-order valence-corrected chi connectivity index (χ1v) is 8.26. The van der Waals surface area contributed by atoms with Gasteiger partial charge in [0.05, 0.1) is 6.26 Å². The van der Waals surface area contributed by atoms with Gasteiger partial charge in [-0.15, -0.1) is 0 Å². The largest absolute Gasteiger partial charge is 0.461 e. The average molecular weight is 359 g/mol. The molecule has 26 heavy (non-hydrogen) atoms. The molecular formula is C17H17N3O6. The second kappa shape index (κ2) is 6.01. The Balaban J connectivity index is 1.33. The van der Waals surface area contributed by atoms with Gasteiger partial charge in [-0.3, -0.25) is 14.5 Å². The Bertz CT molecular complexity index is 854. The van der Waals surface area contributed by atoms with Crippen molar-refractivity contribution in [1.82, 2.24) is 15.4 Å². The van der Waals surface area contributed by atoms with Gasteiger partial charge in [0.25, 0.3) is 5.91 Å². The number of rotatable bonds is 6. The number of nitrogens with one attached hydrogen (secondary N) is 1. The SMILES string of the molecule is C[C@]1(C2CC2)NC(=O)N(CC(=O)OCc2cc(-c3ccco3)on2)C1=O. The summed E-state index contributed by atoms with van der Waals surface area (Å²) < 4.78 is 15.4. The van der Waals surface area contributed by atoms with Crippen molar-refractivity contribution >= 4 is 17.9 Å². The summed E-state index contributed by atoms with van der Waals surface area (Å²) in [5, 5.41) is 6.47. The number of hydrogen-bond donors (Lipinski definition) is 1. The molecule has 2 aromatic heterocycles. The summed E-state index contributed by atoms with van der Waals surface area (Å²) in [4.78, 5) is 37.4. The molecule has 1 atom stereocenters.